The van der Waals surface area contributed by atoms with Crippen molar-refractivity contribution in [3.8, 4) is 0 Å². The lowest BCUT2D eigenvalue weighted by Gasteiger charge is -2.22. The molecule has 1 rings (SSSR count). The number of hydrogen-bond acceptors (Lipinski definition) is 4. The zero-order valence-electron chi connectivity index (χ0n) is 11.2. The van der Waals surface area contributed by atoms with Gasteiger partial charge in [-0.05, 0) is 31.8 Å². The summed E-state index contributed by atoms with van der Waals surface area (Å²) in [5.74, 6) is -1.18. The molecule has 19 heavy (non-hydrogen) atoms. The fraction of sp³-hybridized carbons (Fsp3) is 0.462. The van der Waals surface area contributed by atoms with E-state index in [1.54, 1.807) is 24.5 Å². The van der Waals surface area contributed by atoms with E-state index in [2.05, 4.69) is 4.98 Å². The van der Waals surface area contributed by atoms with Crippen molar-refractivity contribution in [3.05, 3.63) is 30.1 Å². The van der Waals surface area contributed by atoms with Gasteiger partial charge >= 0.3 is 5.97 Å². The molecule has 0 saturated heterocycles. The average molecular weight is 265 g/mol. The third-order valence-electron chi connectivity index (χ3n) is 2.60. The van der Waals surface area contributed by atoms with E-state index in [0.717, 1.165) is 5.56 Å². The van der Waals surface area contributed by atoms with Gasteiger partial charge in [-0.1, -0.05) is 0 Å². The summed E-state index contributed by atoms with van der Waals surface area (Å²) >= 11 is 0. The van der Waals surface area contributed by atoms with E-state index in [1.807, 2.05) is 19.0 Å². The maximum atomic E-state index is 12.1. The van der Waals surface area contributed by atoms with Crippen LogP contribution in [-0.2, 0) is 16.0 Å². The molecule has 0 aliphatic carbocycles. The summed E-state index contributed by atoms with van der Waals surface area (Å²) in [5, 5.41) is 8.85. The van der Waals surface area contributed by atoms with Crippen LogP contribution in [0.3, 0.4) is 0 Å². The molecular formula is C13H19N3O3. The smallest absolute Gasteiger partial charge is 0.323 e. The molecule has 0 aromatic carbocycles. The highest BCUT2D eigenvalue weighted by molar-refractivity contribution is 5.82. The number of likely N-dealkylation sites (N-methyl/N-ethyl adjacent to an activating group) is 1. The van der Waals surface area contributed by atoms with Gasteiger partial charge in [0.2, 0.25) is 5.91 Å². The second-order valence-electron chi connectivity index (χ2n) is 4.54. The predicted molar refractivity (Wildman–Crippen MR) is 70.7 cm³/mol. The number of pyridine rings is 1. The quantitative estimate of drug-likeness (QED) is 0.757. The largest absolute Gasteiger partial charge is 0.480 e. The second-order valence-corrected chi connectivity index (χ2v) is 4.54. The Balaban J connectivity index is 2.62. The average Bonchev–Trinajstić information content (AvgIpc) is 2.35. The highest BCUT2D eigenvalue weighted by Gasteiger charge is 2.17. The number of aliphatic carboxylic acids is 1. The summed E-state index contributed by atoms with van der Waals surface area (Å²) in [6.07, 6.45) is 3.43. The second kappa shape index (κ2) is 7.48. The molecule has 1 N–H and O–H groups in total. The molecule has 0 atom stereocenters. The summed E-state index contributed by atoms with van der Waals surface area (Å²) in [6.45, 7) is 0.774. The molecule has 0 aliphatic heterocycles. The van der Waals surface area contributed by atoms with Crippen LogP contribution in [0.15, 0.2) is 24.5 Å². The predicted octanol–water partition coefficient (Wildman–Crippen LogP) is 0.0989. The molecular weight excluding hydrogens is 246 g/mol. The molecule has 1 aromatic heterocycles. The first-order valence-electron chi connectivity index (χ1n) is 6.02. The summed E-state index contributed by atoms with van der Waals surface area (Å²) in [5.41, 5.74) is 0.834. The standard InChI is InChI=1S/C13H19N3O3/c1-15(2)7-8-16(10-13(18)19)12(17)9-11-3-5-14-6-4-11/h3-6H,7-10H2,1-2H3,(H,18,19). The van der Waals surface area contributed by atoms with Crippen LogP contribution < -0.4 is 0 Å². The minimum atomic E-state index is -0.998. The van der Waals surface area contributed by atoms with Crippen LogP contribution in [0.4, 0.5) is 0 Å². The van der Waals surface area contributed by atoms with Gasteiger partial charge in [0.1, 0.15) is 6.54 Å². The van der Waals surface area contributed by atoms with E-state index in [1.165, 1.54) is 4.90 Å². The Hall–Kier alpha value is -1.95. The van der Waals surface area contributed by atoms with Crippen molar-refractivity contribution >= 4 is 11.9 Å². The Bertz CT molecular complexity index is 420. The SMILES string of the molecule is CN(C)CCN(CC(=O)O)C(=O)Cc1ccncc1. The van der Waals surface area contributed by atoms with Gasteiger partial charge < -0.3 is 14.9 Å². The van der Waals surface area contributed by atoms with Gasteiger partial charge in [-0.25, -0.2) is 0 Å². The third-order valence-corrected chi connectivity index (χ3v) is 2.60. The van der Waals surface area contributed by atoms with Gasteiger partial charge in [-0.3, -0.25) is 14.6 Å². The Morgan fingerprint density at radius 1 is 1.21 bits per heavy atom. The number of carboxylic acid groups (broad SMARTS) is 1. The monoisotopic (exact) mass is 265 g/mol. The maximum Gasteiger partial charge on any atom is 0.323 e. The number of carbonyl (C=O) groups is 2. The first-order chi connectivity index (χ1) is 8.99. The Morgan fingerprint density at radius 3 is 2.37 bits per heavy atom. The van der Waals surface area contributed by atoms with Crippen LogP contribution in [0, 0.1) is 0 Å². The third kappa shape index (κ3) is 5.96. The lowest BCUT2D eigenvalue weighted by Crippen LogP contribution is -2.40. The van der Waals surface area contributed by atoms with Gasteiger partial charge in [0.25, 0.3) is 0 Å². The summed E-state index contributed by atoms with van der Waals surface area (Å²) in [7, 11) is 3.76. The zero-order valence-corrected chi connectivity index (χ0v) is 11.2. The number of carboxylic acids is 1. The van der Waals surface area contributed by atoms with Crippen LogP contribution in [0.1, 0.15) is 5.56 Å². The number of hydrogen-bond donors (Lipinski definition) is 1. The fourth-order valence-electron chi connectivity index (χ4n) is 1.56. The van der Waals surface area contributed by atoms with Crippen molar-refractivity contribution in [1.29, 1.82) is 0 Å². The van der Waals surface area contributed by atoms with E-state index in [0.29, 0.717) is 13.1 Å². The zero-order chi connectivity index (χ0) is 14.3. The highest BCUT2D eigenvalue weighted by atomic mass is 16.4. The van der Waals surface area contributed by atoms with Crippen LogP contribution in [0.5, 0.6) is 0 Å². The lowest BCUT2D eigenvalue weighted by molar-refractivity contribution is -0.144. The number of carbonyl (C=O) groups excluding carboxylic acids is 1. The minimum absolute atomic E-state index is 0.185. The molecule has 0 bridgehead atoms. The van der Waals surface area contributed by atoms with Crippen LogP contribution in [0.25, 0.3) is 0 Å². The van der Waals surface area contributed by atoms with Crippen molar-refractivity contribution in [3.63, 3.8) is 0 Å². The van der Waals surface area contributed by atoms with E-state index in [9.17, 15) is 9.59 Å². The lowest BCUT2D eigenvalue weighted by atomic mass is 10.2. The van der Waals surface area contributed by atoms with Gasteiger partial charge in [0, 0.05) is 25.5 Å². The first kappa shape index (κ1) is 15.1. The number of aromatic nitrogens is 1. The van der Waals surface area contributed by atoms with Crippen molar-refractivity contribution in [2.75, 3.05) is 33.7 Å². The molecule has 0 spiro atoms. The number of rotatable bonds is 7. The van der Waals surface area contributed by atoms with E-state index in [4.69, 9.17) is 5.11 Å². The van der Waals surface area contributed by atoms with Gasteiger partial charge in [-0.15, -0.1) is 0 Å². The van der Waals surface area contributed by atoms with E-state index >= 15 is 0 Å². The van der Waals surface area contributed by atoms with E-state index < -0.39 is 5.97 Å². The highest BCUT2D eigenvalue weighted by Crippen LogP contribution is 2.02. The van der Waals surface area contributed by atoms with Crippen LogP contribution in [0.2, 0.25) is 0 Å². The summed E-state index contributed by atoms with van der Waals surface area (Å²) < 4.78 is 0. The molecule has 104 valence electrons. The van der Waals surface area contributed by atoms with Crippen LogP contribution >= 0.6 is 0 Å². The Labute approximate surface area is 112 Å². The molecule has 1 amide bonds. The molecule has 6 heteroatoms. The normalized spacial score (nSPS) is 10.5. The van der Waals surface area contributed by atoms with Gasteiger partial charge in [0.05, 0.1) is 6.42 Å². The molecule has 0 unspecified atom stereocenters. The molecule has 0 radical (unpaired) electrons. The summed E-state index contributed by atoms with van der Waals surface area (Å²) in [4.78, 5) is 30.0. The van der Waals surface area contributed by atoms with Gasteiger partial charge in [0.15, 0.2) is 0 Å². The van der Waals surface area contributed by atoms with E-state index in [-0.39, 0.29) is 18.9 Å². The molecule has 6 nitrogen and oxygen atoms in total. The molecule has 0 aliphatic rings. The Kier molecular flexibility index (Phi) is 5.95. The molecule has 1 heterocycles. The summed E-state index contributed by atoms with van der Waals surface area (Å²) in [6, 6.07) is 3.51. The van der Waals surface area contributed by atoms with Crippen molar-refractivity contribution < 1.29 is 14.7 Å². The van der Waals surface area contributed by atoms with Crippen molar-refractivity contribution in [2.45, 2.75) is 6.42 Å². The molecule has 0 fully saturated rings. The number of nitrogens with zero attached hydrogens (tertiary/aromatic N) is 3. The fourth-order valence-corrected chi connectivity index (χ4v) is 1.56. The maximum absolute atomic E-state index is 12.1. The topological polar surface area (TPSA) is 73.7 Å². The van der Waals surface area contributed by atoms with Crippen molar-refractivity contribution in [2.24, 2.45) is 0 Å². The molecule has 1 aromatic rings. The first-order valence-corrected chi connectivity index (χ1v) is 6.02. The van der Waals surface area contributed by atoms with Crippen molar-refractivity contribution in [1.82, 2.24) is 14.8 Å². The minimum Gasteiger partial charge on any atom is -0.480 e. The Morgan fingerprint density at radius 2 is 1.84 bits per heavy atom. The molecule has 0 saturated carbocycles. The number of amides is 1. The van der Waals surface area contributed by atoms with Gasteiger partial charge in [-0.2, -0.15) is 0 Å². The van der Waals surface area contributed by atoms with Crippen LogP contribution in [-0.4, -0.2) is 65.5 Å².